The van der Waals surface area contributed by atoms with E-state index in [2.05, 4.69) is 218 Å². The zero-order valence-corrected chi connectivity index (χ0v) is 29.5. The maximum absolute atomic E-state index is 3.56. The molecule has 0 aromatic heterocycles. The first kappa shape index (κ1) is 32.6. The number of hydrogen-bond donors (Lipinski definition) is 1. The van der Waals surface area contributed by atoms with Crippen molar-refractivity contribution in [3.05, 3.63) is 211 Å². The van der Waals surface area contributed by atoms with E-state index in [9.17, 15) is 0 Å². The van der Waals surface area contributed by atoms with Crippen molar-refractivity contribution in [2.24, 2.45) is 0 Å². The van der Waals surface area contributed by atoms with Crippen LogP contribution in [0.15, 0.2) is 200 Å². The van der Waals surface area contributed by atoms with Crippen LogP contribution >= 0.6 is 0 Å². The van der Waals surface area contributed by atoms with E-state index < -0.39 is 0 Å². The predicted molar refractivity (Wildman–Crippen MR) is 222 cm³/mol. The van der Waals surface area contributed by atoms with Gasteiger partial charge in [0.2, 0.25) is 0 Å². The Balaban J connectivity index is 1.08. The predicted octanol–water partition coefficient (Wildman–Crippen LogP) is 14.2. The zero-order chi connectivity index (χ0) is 35.3. The summed E-state index contributed by atoms with van der Waals surface area (Å²) in [7, 11) is 0. The molecule has 0 aliphatic rings. The van der Waals surface area contributed by atoms with Gasteiger partial charge in [-0.2, -0.15) is 0 Å². The van der Waals surface area contributed by atoms with Gasteiger partial charge < -0.3 is 10.2 Å². The molecule has 0 saturated carbocycles. The summed E-state index contributed by atoms with van der Waals surface area (Å²) in [5, 5.41) is 3.56. The molecule has 0 amide bonds. The van der Waals surface area contributed by atoms with Gasteiger partial charge in [-0.05, 0) is 130 Å². The molecule has 0 fully saturated rings. The Morgan fingerprint density at radius 1 is 0.308 bits per heavy atom. The Morgan fingerprint density at radius 3 is 1.06 bits per heavy atom. The average Bonchev–Trinajstić information content (AvgIpc) is 3.20. The topological polar surface area (TPSA) is 15.3 Å². The third kappa shape index (κ3) is 7.01. The van der Waals surface area contributed by atoms with Gasteiger partial charge in [0.15, 0.2) is 0 Å². The lowest BCUT2D eigenvalue weighted by Crippen LogP contribution is -2.10. The third-order valence-electron chi connectivity index (χ3n) is 9.73. The van der Waals surface area contributed by atoms with E-state index in [0.717, 1.165) is 28.4 Å². The first-order valence-electron chi connectivity index (χ1n) is 17.8. The fourth-order valence-corrected chi connectivity index (χ4v) is 7.00. The van der Waals surface area contributed by atoms with Gasteiger partial charge >= 0.3 is 0 Å². The number of hydrogen-bond acceptors (Lipinski definition) is 2. The van der Waals surface area contributed by atoms with Crippen LogP contribution < -0.4 is 10.2 Å². The van der Waals surface area contributed by atoms with Gasteiger partial charge in [0, 0.05) is 28.4 Å². The monoisotopic (exact) mass is 668 g/mol. The molecular formula is C50H40N2. The van der Waals surface area contributed by atoms with E-state index in [-0.39, 0.29) is 0 Å². The van der Waals surface area contributed by atoms with Crippen LogP contribution in [0.4, 0.5) is 28.4 Å². The molecule has 0 heterocycles. The van der Waals surface area contributed by atoms with Crippen LogP contribution in [0.1, 0.15) is 11.1 Å². The Hall–Kier alpha value is -6.64. The largest absolute Gasteiger partial charge is 0.356 e. The van der Waals surface area contributed by atoms with Gasteiger partial charge in [-0.1, -0.05) is 140 Å². The SMILES string of the molecule is Cc1cc(N(c2ccc(-c3ccccc3)cc2)c2ccc(-c3ccc(Nc4ccc(-c5ccccc5)cc4)cc3)c(C)c2)ccc1-c1ccccc1. The van der Waals surface area contributed by atoms with E-state index in [4.69, 9.17) is 0 Å². The molecule has 2 heteroatoms. The average molecular weight is 669 g/mol. The lowest BCUT2D eigenvalue weighted by Gasteiger charge is -2.27. The maximum Gasteiger partial charge on any atom is 0.0464 e. The van der Waals surface area contributed by atoms with E-state index >= 15 is 0 Å². The molecule has 8 aromatic rings. The maximum atomic E-state index is 3.56. The molecule has 0 spiro atoms. The van der Waals surface area contributed by atoms with Crippen molar-refractivity contribution in [2.75, 3.05) is 10.2 Å². The lowest BCUT2D eigenvalue weighted by molar-refractivity contribution is 1.26. The van der Waals surface area contributed by atoms with E-state index in [1.165, 1.54) is 55.6 Å². The molecule has 0 aliphatic heterocycles. The molecule has 2 nitrogen and oxygen atoms in total. The van der Waals surface area contributed by atoms with Gasteiger partial charge in [-0.3, -0.25) is 0 Å². The second-order valence-corrected chi connectivity index (χ2v) is 13.3. The van der Waals surface area contributed by atoms with Gasteiger partial charge in [0.1, 0.15) is 0 Å². The highest BCUT2D eigenvalue weighted by atomic mass is 15.1. The third-order valence-corrected chi connectivity index (χ3v) is 9.73. The van der Waals surface area contributed by atoms with Gasteiger partial charge in [0.05, 0.1) is 0 Å². The molecule has 0 saturated heterocycles. The molecule has 0 radical (unpaired) electrons. The number of nitrogens with zero attached hydrogens (tertiary/aromatic N) is 1. The van der Waals surface area contributed by atoms with Crippen molar-refractivity contribution in [3.8, 4) is 44.5 Å². The first-order chi connectivity index (χ1) is 25.6. The number of nitrogens with one attached hydrogen (secondary N) is 1. The van der Waals surface area contributed by atoms with Crippen molar-refractivity contribution in [2.45, 2.75) is 13.8 Å². The number of rotatable bonds is 9. The van der Waals surface area contributed by atoms with Gasteiger partial charge in [-0.25, -0.2) is 0 Å². The standard InChI is InChI=1S/C50H40N2/c1-36-34-47(30-32-49(36)42-16-10-5-11-17-42)52(46-28-22-41(23-29-46)39-14-8-4-9-15-39)48-31-33-50(37(2)35-48)43-20-26-45(27-21-43)51-44-24-18-40(19-25-44)38-12-6-3-7-13-38/h3-35,51H,1-2H3. The molecular weight excluding hydrogens is 629 g/mol. The molecule has 0 bridgehead atoms. The minimum absolute atomic E-state index is 1.06. The highest BCUT2D eigenvalue weighted by Gasteiger charge is 2.16. The normalized spacial score (nSPS) is 10.9. The Morgan fingerprint density at radius 2 is 0.635 bits per heavy atom. The fourth-order valence-electron chi connectivity index (χ4n) is 7.00. The summed E-state index contributed by atoms with van der Waals surface area (Å²) in [4.78, 5) is 2.36. The summed E-state index contributed by atoms with van der Waals surface area (Å²) in [5.41, 5.74) is 17.7. The minimum atomic E-state index is 1.06. The minimum Gasteiger partial charge on any atom is -0.356 e. The van der Waals surface area contributed by atoms with Crippen molar-refractivity contribution in [1.29, 1.82) is 0 Å². The van der Waals surface area contributed by atoms with Crippen molar-refractivity contribution in [3.63, 3.8) is 0 Å². The number of aryl methyl sites for hydroxylation is 2. The first-order valence-corrected chi connectivity index (χ1v) is 17.8. The van der Waals surface area contributed by atoms with Crippen molar-refractivity contribution >= 4 is 28.4 Å². The highest BCUT2D eigenvalue weighted by molar-refractivity contribution is 5.83. The second-order valence-electron chi connectivity index (χ2n) is 13.3. The van der Waals surface area contributed by atoms with E-state index in [0.29, 0.717) is 0 Å². The summed E-state index contributed by atoms with van der Waals surface area (Å²) in [6, 6.07) is 71.5. The summed E-state index contributed by atoms with van der Waals surface area (Å²) >= 11 is 0. The van der Waals surface area contributed by atoms with Crippen molar-refractivity contribution in [1.82, 2.24) is 0 Å². The van der Waals surface area contributed by atoms with Crippen LogP contribution in [0.25, 0.3) is 44.5 Å². The highest BCUT2D eigenvalue weighted by Crippen LogP contribution is 2.40. The quantitative estimate of drug-likeness (QED) is 0.165. The van der Waals surface area contributed by atoms with Gasteiger partial charge in [-0.15, -0.1) is 0 Å². The summed E-state index contributed by atoms with van der Waals surface area (Å²) < 4.78 is 0. The molecule has 0 aliphatic carbocycles. The second kappa shape index (κ2) is 14.7. The van der Waals surface area contributed by atoms with Crippen LogP contribution in [0.3, 0.4) is 0 Å². The van der Waals surface area contributed by atoms with Crippen LogP contribution in [-0.2, 0) is 0 Å². The van der Waals surface area contributed by atoms with Crippen LogP contribution in [0, 0.1) is 13.8 Å². The molecule has 1 N–H and O–H groups in total. The van der Waals surface area contributed by atoms with E-state index in [1.807, 2.05) is 6.07 Å². The lowest BCUT2D eigenvalue weighted by atomic mass is 9.97. The number of benzene rings is 8. The summed E-state index contributed by atoms with van der Waals surface area (Å²) in [6.45, 7) is 4.41. The fraction of sp³-hybridized carbons (Fsp3) is 0.0400. The van der Waals surface area contributed by atoms with Crippen LogP contribution in [0.2, 0.25) is 0 Å². The van der Waals surface area contributed by atoms with Crippen LogP contribution in [-0.4, -0.2) is 0 Å². The van der Waals surface area contributed by atoms with E-state index in [1.54, 1.807) is 0 Å². The van der Waals surface area contributed by atoms with Crippen LogP contribution in [0.5, 0.6) is 0 Å². The molecule has 0 unspecified atom stereocenters. The molecule has 250 valence electrons. The molecule has 8 rings (SSSR count). The Labute approximate surface area is 307 Å². The zero-order valence-electron chi connectivity index (χ0n) is 29.5. The summed E-state index contributed by atoms with van der Waals surface area (Å²) in [5.74, 6) is 0. The smallest absolute Gasteiger partial charge is 0.0464 e. The molecule has 52 heavy (non-hydrogen) atoms. The van der Waals surface area contributed by atoms with Gasteiger partial charge in [0.25, 0.3) is 0 Å². The number of anilines is 5. The van der Waals surface area contributed by atoms with Crippen molar-refractivity contribution < 1.29 is 0 Å². The Bertz CT molecular complexity index is 2400. The Kier molecular flexibility index (Phi) is 9.19. The molecule has 0 atom stereocenters. The molecule has 8 aromatic carbocycles. The summed E-state index contributed by atoms with van der Waals surface area (Å²) in [6.07, 6.45) is 0.